The molecule has 17 rings (SSSR count). The van der Waals surface area contributed by atoms with E-state index in [0.29, 0.717) is 44.5 Å². The van der Waals surface area contributed by atoms with Crippen molar-refractivity contribution in [2.75, 3.05) is 0 Å². The number of rotatable bonds is 5. The van der Waals surface area contributed by atoms with Gasteiger partial charge in [-0.15, -0.1) is 0 Å². The fraction of sp³-hybridized carbons (Fsp3) is 0.250. The van der Waals surface area contributed by atoms with Crippen LogP contribution in [0.4, 0.5) is 0 Å². The summed E-state index contributed by atoms with van der Waals surface area (Å²) >= 11 is 0. The van der Waals surface area contributed by atoms with Crippen molar-refractivity contribution in [3.8, 4) is 33.8 Å². The van der Waals surface area contributed by atoms with Crippen molar-refractivity contribution in [2.24, 2.45) is 21.1 Å². The summed E-state index contributed by atoms with van der Waals surface area (Å²) in [6.07, 6.45) is 14.2. The third kappa shape index (κ3) is 9.91. The Kier molecular flexibility index (Phi) is 11.0. The monoisotopic (exact) mass is 1190 g/mol. The van der Waals surface area contributed by atoms with Crippen LogP contribution >= 0.6 is 0 Å². The molecule has 0 N–H and O–H groups in total. The minimum atomic E-state index is -2.37. The summed E-state index contributed by atoms with van der Waals surface area (Å²) in [5.41, 5.74) is 14.9. The Morgan fingerprint density at radius 1 is 0.367 bits per heavy atom. The van der Waals surface area contributed by atoms with Crippen molar-refractivity contribution in [2.45, 2.75) is 118 Å². The molecule has 0 unspecified atom stereocenters. The van der Waals surface area contributed by atoms with Gasteiger partial charge in [0.15, 0.2) is 18.6 Å². The predicted molar refractivity (Wildman–Crippen MR) is 374 cm³/mol. The maximum absolute atomic E-state index is 9.08. The first-order valence-corrected chi connectivity index (χ1v) is 31.5. The Morgan fingerprint density at radius 2 is 0.856 bits per heavy atom. The van der Waals surface area contributed by atoms with Gasteiger partial charge in [-0.1, -0.05) is 158 Å². The molecule has 15 aromatic rings. The number of hydrogen-bond acceptors (Lipinski definition) is 3. The number of fused-ring (bicyclic) bond motifs is 14. The molecule has 6 heteroatoms. The molecule has 0 radical (unpaired) electrons. The molecule has 2 aliphatic rings. The maximum Gasteiger partial charge on any atom is 0.256 e. The molecular formula is C84H80N3O3+3. The van der Waals surface area contributed by atoms with Crippen LogP contribution < -0.4 is 13.7 Å². The number of aryl methyl sites for hydroxylation is 10. The maximum atomic E-state index is 9.08. The number of benzene rings is 9. The zero-order valence-corrected chi connectivity index (χ0v) is 51.8. The van der Waals surface area contributed by atoms with Gasteiger partial charge in [0.05, 0.1) is 16.7 Å². The first-order chi connectivity index (χ1) is 49.3. The zero-order chi connectivity index (χ0) is 73.5. The molecule has 0 bridgehead atoms. The fourth-order valence-electron chi connectivity index (χ4n) is 14.6. The molecule has 0 spiro atoms. The Bertz CT molecular complexity index is 5980. The van der Waals surface area contributed by atoms with Crippen molar-refractivity contribution in [3.05, 3.63) is 232 Å². The van der Waals surface area contributed by atoms with Gasteiger partial charge in [-0.3, -0.25) is 0 Å². The Hall–Kier alpha value is -9.39. The van der Waals surface area contributed by atoms with Crippen LogP contribution in [0.3, 0.4) is 0 Å². The van der Waals surface area contributed by atoms with E-state index in [9.17, 15) is 0 Å². The Balaban J connectivity index is 0.000000129. The molecule has 2 aliphatic carbocycles. The van der Waals surface area contributed by atoms with Crippen LogP contribution in [0, 0.1) is 48.2 Å². The molecular weight excluding hydrogens is 1100 g/mol. The molecule has 90 heavy (non-hydrogen) atoms. The van der Waals surface area contributed by atoms with Crippen LogP contribution in [0.1, 0.15) is 139 Å². The van der Waals surface area contributed by atoms with Crippen LogP contribution in [0.2, 0.25) is 0 Å². The van der Waals surface area contributed by atoms with Crippen molar-refractivity contribution in [3.63, 3.8) is 0 Å². The summed E-state index contributed by atoms with van der Waals surface area (Å²) in [6, 6.07) is 53.5. The molecule has 6 nitrogen and oxygen atoms in total. The highest BCUT2D eigenvalue weighted by Crippen LogP contribution is 2.45. The van der Waals surface area contributed by atoms with Crippen LogP contribution in [0.25, 0.3) is 132 Å². The van der Waals surface area contributed by atoms with E-state index in [4.69, 9.17) is 32.4 Å². The van der Waals surface area contributed by atoms with Gasteiger partial charge in [-0.05, 0) is 177 Å². The summed E-state index contributed by atoms with van der Waals surface area (Å²) in [5, 5.41) is 11.0. The van der Waals surface area contributed by atoms with Gasteiger partial charge in [0.25, 0.3) is 17.1 Å². The number of nitrogens with zero attached hydrogens (tertiary/aromatic N) is 3. The molecule has 6 aromatic heterocycles. The van der Waals surface area contributed by atoms with Crippen LogP contribution in [0.5, 0.6) is 0 Å². The smallest absolute Gasteiger partial charge is 0.256 e. The summed E-state index contributed by atoms with van der Waals surface area (Å²) in [5.74, 6) is -1.14. The lowest BCUT2D eigenvalue weighted by molar-refractivity contribution is -0.659. The van der Waals surface area contributed by atoms with Gasteiger partial charge >= 0.3 is 0 Å². The number of hydrogen-bond donors (Lipinski definition) is 0. The highest BCUT2D eigenvalue weighted by Gasteiger charge is 2.29. The number of furan rings is 3. The van der Waals surface area contributed by atoms with Crippen LogP contribution in [-0.2, 0) is 21.1 Å². The zero-order valence-electron chi connectivity index (χ0n) is 65.8. The highest BCUT2D eigenvalue weighted by atomic mass is 16.3. The normalized spacial score (nSPS) is 17.6. The molecule has 0 atom stereocenters. The fourth-order valence-corrected chi connectivity index (χ4v) is 14.6. The van der Waals surface area contributed by atoms with Gasteiger partial charge in [0, 0.05) is 79.5 Å². The first kappa shape index (κ1) is 43.3. The lowest BCUT2D eigenvalue weighted by Gasteiger charge is -2.22. The largest absolute Gasteiger partial charge is 0.449 e. The predicted octanol–water partition coefficient (Wildman–Crippen LogP) is 21.6. The average molecular weight is 1190 g/mol. The summed E-state index contributed by atoms with van der Waals surface area (Å²) in [6.45, 7) is -3.33. The summed E-state index contributed by atoms with van der Waals surface area (Å²) in [7, 11) is 5.65. The van der Waals surface area contributed by atoms with Crippen molar-refractivity contribution >= 4 is 98.1 Å². The second kappa shape index (κ2) is 22.9. The van der Waals surface area contributed by atoms with Gasteiger partial charge in [0.1, 0.15) is 37.9 Å². The van der Waals surface area contributed by atoms with E-state index in [1.54, 1.807) is 72.0 Å². The highest BCUT2D eigenvalue weighted by molar-refractivity contribution is 6.19. The minimum Gasteiger partial charge on any atom is -0.449 e. The number of aromatic nitrogens is 3. The van der Waals surface area contributed by atoms with Gasteiger partial charge in [0.2, 0.25) is 16.7 Å². The van der Waals surface area contributed by atoms with E-state index in [2.05, 4.69) is 104 Å². The van der Waals surface area contributed by atoms with Gasteiger partial charge in [-0.2, -0.15) is 13.7 Å². The molecule has 0 amide bonds. The molecule has 9 aromatic carbocycles. The van der Waals surface area contributed by atoms with E-state index >= 15 is 0 Å². The minimum absolute atomic E-state index is 0.200. The average Bonchev–Trinajstić information content (AvgIpc) is 1.56. The van der Waals surface area contributed by atoms with Crippen LogP contribution in [-0.4, -0.2) is 0 Å². The molecule has 2 fully saturated rings. The molecule has 6 heterocycles. The lowest BCUT2D eigenvalue weighted by Crippen LogP contribution is -2.31. The topological polar surface area (TPSA) is 51.1 Å². The second-order valence-electron chi connectivity index (χ2n) is 25.0. The Labute approximate surface area is 547 Å². The number of pyridine rings is 3. The van der Waals surface area contributed by atoms with E-state index in [0.717, 1.165) is 139 Å². The molecule has 2 saturated carbocycles. The van der Waals surface area contributed by atoms with E-state index < -0.39 is 39.2 Å². The lowest BCUT2D eigenvalue weighted by atomic mass is 9.83. The summed E-state index contributed by atoms with van der Waals surface area (Å²) in [4.78, 5) is 0. The third-order valence-electron chi connectivity index (χ3n) is 19.1. The second-order valence-corrected chi connectivity index (χ2v) is 25.0. The Morgan fingerprint density at radius 3 is 1.38 bits per heavy atom. The van der Waals surface area contributed by atoms with Crippen molar-refractivity contribution in [1.29, 1.82) is 0 Å². The van der Waals surface area contributed by atoms with E-state index in [1.165, 1.54) is 33.7 Å². The SMILES string of the molecule is Cc1ccccc1-c1c2oc3cc4ccccc4cc3c2cc[n+]1C.[2H]C([2H])([2H])c1ccc(-c2c3oc4c5ccc(C6([2H])CCCC6)cc5ccc4c3c(C([2H])([2H])[2H])c[n+]2C)c(C)c1.[2H]C([2H])([2H])c1ccc(-c2c3oc4c5ccc(C6([2H])CCCCC6)cc5ccc4c3c(C([2H])([2H])[2H])c[n+]2C)c(C)c1. The standard InChI is InChI=1S/C31H32NO.C30H30NO.C23H18NO/c1-19-10-13-25(20(2)16-19)29-31-28(21(3)18-32(29)4)27-15-12-24-17-23(22-8-6-5-7-9-22)11-14-26(24)30(27)33-31;1-18-9-12-24(19(2)15-18)28-30-27(20(3)17-31(28)4)26-14-11-23-16-22(21-7-5-6-8-21)10-13-25(23)29(26)32-30;1-15-7-3-6-10-18(15)22-23-19(11-12-24(22)2)20-13-16-8-4-5-9-17(16)14-21(20)25-23/h10-18,22H,5-9H2,1-4H3;9-17,21H,5-8H2,1-4H3;3-14H,1-2H3/q3*+1/i1D3,3D3,22D;1D3,3D3,21D;. The molecule has 446 valence electrons. The van der Waals surface area contributed by atoms with Crippen molar-refractivity contribution < 1.29 is 46.1 Å². The summed E-state index contributed by atoms with van der Waals surface area (Å²) < 4.78 is 140. The van der Waals surface area contributed by atoms with E-state index in [-0.39, 0.29) is 22.3 Å². The van der Waals surface area contributed by atoms with Crippen LogP contribution in [0.15, 0.2) is 196 Å². The van der Waals surface area contributed by atoms with Gasteiger partial charge < -0.3 is 13.3 Å². The van der Waals surface area contributed by atoms with Crippen molar-refractivity contribution in [1.82, 2.24) is 0 Å². The molecule has 0 aliphatic heterocycles. The quantitative estimate of drug-likeness (QED) is 0.161. The first-order valence-electron chi connectivity index (χ1n) is 38.5. The molecule has 0 saturated heterocycles. The van der Waals surface area contributed by atoms with E-state index in [1.807, 2.05) is 62.4 Å². The third-order valence-corrected chi connectivity index (χ3v) is 19.1. The van der Waals surface area contributed by atoms with Gasteiger partial charge in [-0.25, -0.2) is 0 Å².